The second-order valence-electron chi connectivity index (χ2n) is 4.77. The normalized spacial score (nSPS) is 14.1. The van der Waals surface area contributed by atoms with Crippen molar-refractivity contribution >= 4 is 23.2 Å². The van der Waals surface area contributed by atoms with Crippen molar-refractivity contribution in [1.82, 2.24) is 0 Å². The van der Waals surface area contributed by atoms with Gasteiger partial charge in [-0.3, -0.25) is 0 Å². The highest BCUT2D eigenvalue weighted by Gasteiger charge is 2.15. The van der Waals surface area contributed by atoms with Gasteiger partial charge in [-0.15, -0.1) is 11.6 Å². The molecule has 0 aromatic heterocycles. The third-order valence-electron chi connectivity index (χ3n) is 3.18. The minimum absolute atomic E-state index is 0.0793. The predicted octanol–water partition coefficient (Wildman–Crippen LogP) is 5.50. The summed E-state index contributed by atoms with van der Waals surface area (Å²) in [7, 11) is 0. The van der Waals surface area contributed by atoms with Crippen molar-refractivity contribution in [3.63, 3.8) is 0 Å². The van der Waals surface area contributed by atoms with Crippen LogP contribution in [0.5, 0.6) is 0 Å². The number of hydrogen-bond donors (Lipinski definition) is 0. The molecular formula is C17H17Cl2. The van der Waals surface area contributed by atoms with Gasteiger partial charge < -0.3 is 0 Å². The van der Waals surface area contributed by atoms with Gasteiger partial charge in [0.25, 0.3) is 0 Å². The zero-order valence-corrected chi connectivity index (χ0v) is 12.2. The number of hydrogen-bond acceptors (Lipinski definition) is 0. The molecular weight excluding hydrogens is 275 g/mol. The maximum absolute atomic E-state index is 6.08. The van der Waals surface area contributed by atoms with Crippen LogP contribution in [-0.2, 0) is 6.42 Å². The molecule has 0 heterocycles. The molecule has 2 heteroatoms. The van der Waals surface area contributed by atoms with Crippen molar-refractivity contribution < 1.29 is 0 Å². The molecule has 99 valence electrons. The van der Waals surface area contributed by atoms with Gasteiger partial charge in [-0.05, 0) is 48.9 Å². The minimum Gasteiger partial charge on any atom is -0.123 e. The van der Waals surface area contributed by atoms with E-state index in [1.807, 2.05) is 24.3 Å². The first kappa shape index (κ1) is 14.4. The van der Waals surface area contributed by atoms with E-state index in [1.54, 1.807) is 0 Å². The summed E-state index contributed by atoms with van der Waals surface area (Å²) in [5, 5.41) is 0.700. The van der Waals surface area contributed by atoms with Crippen LogP contribution in [-0.4, -0.2) is 5.38 Å². The Kier molecular flexibility index (Phi) is 5.30. The van der Waals surface area contributed by atoms with Crippen LogP contribution >= 0.6 is 23.2 Å². The first-order valence-electron chi connectivity index (χ1n) is 6.41. The fourth-order valence-electron chi connectivity index (χ4n) is 2.32. The van der Waals surface area contributed by atoms with Gasteiger partial charge >= 0.3 is 0 Å². The van der Waals surface area contributed by atoms with Crippen molar-refractivity contribution in [2.45, 2.75) is 24.1 Å². The first-order chi connectivity index (χ1) is 9.15. The Labute approximate surface area is 125 Å². The standard InChI is InChI=1S/C17H17Cl2/c1-13(18)10-16(15-7-3-2-4-8-15)11-14-6-5-9-17(19)12-14/h2-9,12-13,16H,1,10-11H2. The lowest BCUT2D eigenvalue weighted by Crippen LogP contribution is -2.08. The highest BCUT2D eigenvalue weighted by Crippen LogP contribution is 2.28. The quantitative estimate of drug-likeness (QED) is 0.638. The predicted molar refractivity (Wildman–Crippen MR) is 84.0 cm³/mol. The molecule has 2 rings (SSSR count). The highest BCUT2D eigenvalue weighted by atomic mass is 35.5. The molecule has 1 radical (unpaired) electrons. The fourth-order valence-corrected chi connectivity index (χ4v) is 2.75. The van der Waals surface area contributed by atoms with Gasteiger partial charge in [-0.1, -0.05) is 54.1 Å². The molecule has 0 saturated heterocycles. The molecule has 0 bridgehead atoms. The second-order valence-corrected chi connectivity index (χ2v) is 5.83. The van der Waals surface area contributed by atoms with Gasteiger partial charge in [0.15, 0.2) is 0 Å². The van der Waals surface area contributed by atoms with E-state index in [0.717, 1.165) is 17.9 Å². The summed E-state index contributed by atoms with van der Waals surface area (Å²) in [6.45, 7) is 3.90. The van der Waals surface area contributed by atoms with E-state index in [-0.39, 0.29) is 5.38 Å². The van der Waals surface area contributed by atoms with E-state index < -0.39 is 0 Å². The smallest absolute Gasteiger partial charge is 0.0408 e. The van der Waals surface area contributed by atoms with Gasteiger partial charge in [0, 0.05) is 10.4 Å². The second kappa shape index (κ2) is 6.98. The molecule has 0 aliphatic carbocycles. The largest absolute Gasteiger partial charge is 0.123 e. The molecule has 0 aliphatic rings. The van der Waals surface area contributed by atoms with Gasteiger partial charge in [-0.25, -0.2) is 0 Å². The van der Waals surface area contributed by atoms with Crippen LogP contribution in [0.15, 0.2) is 54.6 Å². The summed E-state index contributed by atoms with van der Waals surface area (Å²) < 4.78 is 0. The monoisotopic (exact) mass is 291 g/mol. The SMILES string of the molecule is [CH2]C(Cl)CC(Cc1cccc(Cl)c1)c1ccccc1. The molecule has 2 aromatic carbocycles. The lowest BCUT2D eigenvalue weighted by atomic mass is 9.88. The summed E-state index contributed by atoms with van der Waals surface area (Å²) >= 11 is 12.1. The molecule has 0 aliphatic heterocycles. The Morgan fingerprint density at radius 1 is 1.00 bits per heavy atom. The van der Waals surface area contributed by atoms with Gasteiger partial charge in [0.1, 0.15) is 0 Å². The van der Waals surface area contributed by atoms with Crippen molar-refractivity contribution in [2.24, 2.45) is 0 Å². The minimum atomic E-state index is -0.0793. The van der Waals surface area contributed by atoms with Crippen molar-refractivity contribution in [3.8, 4) is 0 Å². The van der Waals surface area contributed by atoms with Crippen LogP contribution in [0.2, 0.25) is 5.02 Å². The summed E-state index contributed by atoms with van der Waals surface area (Å²) in [6, 6.07) is 18.5. The molecule has 0 spiro atoms. The number of halogens is 2. The first-order valence-corrected chi connectivity index (χ1v) is 7.23. The summed E-state index contributed by atoms with van der Waals surface area (Å²) in [5.74, 6) is 0.375. The molecule has 0 N–H and O–H groups in total. The van der Waals surface area contributed by atoms with Gasteiger partial charge in [-0.2, -0.15) is 0 Å². The van der Waals surface area contributed by atoms with Crippen LogP contribution in [0.3, 0.4) is 0 Å². The third kappa shape index (κ3) is 4.56. The average Bonchev–Trinajstić information content (AvgIpc) is 2.38. The molecule has 19 heavy (non-hydrogen) atoms. The Balaban J connectivity index is 2.19. The van der Waals surface area contributed by atoms with Gasteiger partial charge in [0.2, 0.25) is 0 Å². The molecule has 0 saturated carbocycles. The van der Waals surface area contributed by atoms with Crippen LogP contribution in [0.4, 0.5) is 0 Å². The topological polar surface area (TPSA) is 0 Å². The zero-order valence-electron chi connectivity index (χ0n) is 10.7. The van der Waals surface area contributed by atoms with Crippen molar-refractivity contribution in [3.05, 3.63) is 77.7 Å². The summed E-state index contributed by atoms with van der Waals surface area (Å²) in [6.07, 6.45) is 1.79. The average molecular weight is 292 g/mol. The van der Waals surface area contributed by atoms with Crippen LogP contribution in [0.1, 0.15) is 23.5 Å². The highest BCUT2D eigenvalue weighted by molar-refractivity contribution is 6.30. The Hall–Kier alpha value is -0.980. The summed E-state index contributed by atoms with van der Waals surface area (Å²) in [4.78, 5) is 0. The molecule has 0 nitrogen and oxygen atoms in total. The maximum Gasteiger partial charge on any atom is 0.0408 e. The van der Waals surface area contributed by atoms with E-state index in [9.17, 15) is 0 Å². The summed E-state index contributed by atoms with van der Waals surface area (Å²) in [5.41, 5.74) is 2.54. The van der Waals surface area contributed by atoms with Gasteiger partial charge in [0.05, 0.1) is 0 Å². The maximum atomic E-state index is 6.08. The van der Waals surface area contributed by atoms with E-state index in [0.29, 0.717) is 5.92 Å². The van der Waals surface area contributed by atoms with Crippen LogP contribution in [0.25, 0.3) is 0 Å². The molecule has 0 fully saturated rings. The lowest BCUT2D eigenvalue weighted by molar-refractivity contribution is 0.632. The van der Waals surface area contributed by atoms with E-state index in [4.69, 9.17) is 23.2 Å². The zero-order chi connectivity index (χ0) is 13.7. The lowest BCUT2D eigenvalue weighted by Gasteiger charge is -2.19. The van der Waals surface area contributed by atoms with Crippen LogP contribution < -0.4 is 0 Å². The van der Waals surface area contributed by atoms with Crippen LogP contribution in [0, 0.1) is 6.92 Å². The van der Waals surface area contributed by atoms with Crippen molar-refractivity contribution in [1.29, 1.82) is 0 Å². The van der Waals surface area contributed by atoms with E-state index in [1.165, 1.54) is 11.1 Å². The Morgan fingerprint density at radius 2 is 1.74 bits per heavy atom. The van der Waals surface area contributed by atoms with E-state index >= 15 is 0 Å². The molecule has 2 atom stereocenters. The van der Waals surface area contributed by atoms with Crippen molar-refractivity contribution in [2.75, 3.05) is 0 Å². The third-order valence-corrected chi connectivity index (χ3v) is 3.60. The number of benzene rings is 2. The Bertz CT molecular complexity index is 506. The number of rotatable bonds is 5. The van der Waals surface area contributed by atoms with E-state index in [2.05, 4.69) is 37.3 Å². The fraction of sp³-hybridized carbons (Fsp3) is 0.235. The molecule has 0 amide bonds. The Morgan fingerprint density at radius 3 is 2.37 bits per heavy atom. The number of alkyl halides is 1. The molecule has 2 unspecified atom stereocenters. The molecule has 2 aromatic rings.